The van der Waals surface area contributed by atoms with Crippen LogP contribution in [0.15, 0.2) is 84.9 Å². The highest BCUT2D eigenvalue weighted by atomic mass is 127. The van der Waals surface area contributed by atoms with Crippen molar-refractivity contribution in [1.29, 1.82) is 0 Å². The summed E-state index contributed by atoms with van der Waals surface area (Å²) in [5.41, 5.74) is 3.85. The molecule has 0 bridgehead atoms. The Balaban J connectivity index is 1.50. The Morgan fingerprint density at radius 3 is 2.21 bits per heavy atom. The number of hydrogen-bond donors (Lipinski definition) is 0. The van der Waals surface area contributed by atoms with Crippen molar-refractivity contribution in [3.05, 3.63) is 105 Å². The van der Waals surface area contributed by atoms with Gasteiger partial charge in [-0.05, 0) is 77.1 Å². The van der Waals surface area contributed by atoms with Crippen LogP contribution in [0.25, 0.3) is 0 Å². The third-order valence-corrected chi connectivity index (χ3v) is 6.30. The second-order valence-electron chi connectivity index (χ2n) is 7.70. The summed E-state index contributed by atoms with van der Waals surface area (Å²) in [6.07, 6.45) is 4.80. The van der Waals surface area contributed by atoms with E-state index in [0.717, 1.165) is 25.9 Å². The van der Waals surface area contributed by atoms with E-state index in [1.54, 1.807) is 0 Å². The van der Waals surface area contributed by atoms with Gasteiger partial charge in [-0.2, -0.15) is 0 Å². The molecule has 150 valence electrons. The largest absolute Gasteiger partial charge is 0.350 e. The molecule has 1 unspecified atom stereocenters. The molecule has 0 N–H and O–H groups in total. The smallest absolute Gasteiger partial charge is 0.111 e. The molecule has 1 aliphatic heterocycles. The Bertz CT molecular complexity index is 844. The van der Waals surface area contributed by atoms with Crippen molar-refractivity contribution in [3.8, 4) is 0 Å². The minimum absolute atomic E-state index is 0.0272. The monoisotopic (exact) mass is 497 g/mol. The van der Waals surface area contributed by atoms with Gasteiger partial charge in [0.15, 0.2) is 0 Å². The molecule has 1 fully saturated rings. The average Bonchev–Trinajstić information content (AvgIpc) is 2.78. The molecule has 1 saturated heterocycles. The van der Waals surface area contributed by atoms with Crippen molar-refractivity contribution >= 4 is 22.6 Å². The Morgan fingerprint density at radius 2 is 1.55 bits per heavy atom. The maximum Gasteiger partial charge on any atom is 0.111 e. The van der Waals surface area contributed by atoms with E-state index in [-0.39, 0.29) is 12.3 Å². The highest BCUT2D eigenvalue weighted by molar-refractivity contribution is 14.1. The number of hydrogen-bond acceptors (Lipinski definition) is 2. The number of piperidine rings is 1. The predicted octanol–water partition coefficient (Wildman–Crippen LogP) is 6.45. The van der Waals surface area contributed by atoms with Crippen molar-refractivity contribution in [2.45, 2.75) is 38.0 Å². The van der Waals surface area contributed by atoms with E-state index < -0.39 is 0 Å². The van der Waals surface area contributed by atoms with Gasteiger partial charge in [-0.3, -0.25) is 4.90 Å². The first kappa shape index (κ1) is 20.6. The fourth-order valence-electron chi connectivity index (χ4n) is 4.10. The van der Waals surface area contributed by atoms with Gasteiger partial charge in [0.25, 0.3) is 0 Å². The van der Waals surface area contributed by atoms with Gasteiger partial charge < -0.3 is 4.74 Å². The van der Waals surface area contributed by atoms with Crippen LogP contribution >= 0.6 is 22.6 Å². The summed E-state index contributed by atoms with van der Waals surface area (Å²) in [6.45, 7) is 2.16. The summed E-state index contributed by atoms with van der Waals surface area (Å²) in [5.74, 6) is 0. The van der Waals surface area contributed by atoms with E-state index in [0.29, 0.717) is 0 Å². The highest BCUT2D eigenvalue weighted by Gasteiger charge is 2.27. The zero-order valence-electron chi connectivity index (χ0n) is 16.7. The SMILES string of the molecule is Ic1cccc(CCN2CCCCC2OC(c2ccccc2)c2ccccc2)c1. The van der Waals surface area contributed by atoms with Crippen LogP contribution in [0, 0.1) is 3.57 Å². The molecular formula is C26H28INO. The molecular weight excluding hydrogens is 469 g/mol. The van der Waals surface area contributed by atoms with Gasteiger partial charge >= 0.3 is 0 Å². The standard InChI is InChI=1S/C26H28INO/c27-24-15-9-10-21(20-24)17-19-28-18-8-7-16-25(28)29-26(22-11-3-1-4-12-22)23-13-5-2-6-14-23/h1-6,9-15,20,25-26H,7-8,16-19H2. The van der Waals surface area contributed by atoms with Crippen molar-refractivity contribution < 1.29 is 4.74 Å². The van der Waals surface area contributed by atoms with Crippen LogP contribution in [0.4, 0.5) is 0 Å². The van der Waals surface area contributed by atoms with Crippen LogP contribution in [-0.4, -0.2) is 24.2 Å². The topological polar surface area (TPSA) is 12.5 Å². The predicted molar refractivity (Wildman–Crippen MR) is 128 cm³/mol. The van der Waals surface area contributed by atoms with Gasteiger partial charge in [0.1, 0.15) is 12.3 Å². The second kappa shape index (κ2) is 10.4. The van der Waals surface area contributed by atoms with Crippen LogP contribution < -0.4 is 0 Å². The van der Waals surface area contributed by atoms with E-state index in [1.807, 2.05) is 0 Å². The Morgan fingerprint density at radius 1 is 0.862 bits per heavy atom. The van der Waals surface area contributed by atoms with Gasteiger partial charge in [0.2, 0.25) is 0 Å². The van der Waals surface area contributed by atoms with Crippen molar-refractivity contribution in [3.63, 3.8) is 0 Å². The molecule has 3 aromatic rings. The van der Waals surface area contributed by atoms with Crippen molar-refractivity contribution in [2.24, 2.45) is 0 Å². The maximum atomic E-state index is 6.81. The summed E-state index contributed by atoms with van der Waals surface area (Å²) < 4.78 is 8.12. The van der Waals surface area contributed by atoms with Crippen molar-refractivity contribution in [1.82, 2.24) is 4.90 Å². The van der Waals surface area contributed by atoms with E-state index >= 15 is 0 Å². The summed E-state index contributed by atoms with van der Waals surface area (Å²) in [6, 6.07) is 30.1. The third-order valence-electron chi connectivity index (χ3n) is 5.63. The molecule has 3 heteroatoms. The molecule has 1 atom stereocenters. The number of rotatable bonds is 7. The lowest BCUT2D eigenvalue weighted by atomic mass is 10.0. The quantitative estimate of drug-likeness (QED) is 0.348. The molecule has 0 radical (unpaired) electrons. The second-order valence-corrected chi connectivity index (χ2v) is 8.95. The Labute approximate surface area is 188 Å². The fourth-order valence-corrected chi connectivity index (χ4v) is 4.71. The minimum Gasteiger partial charge on any atom is -0.350 e. The van der Waals surface area contributed by atoms with Gasteiger partial charge in [-0.25, -0.2) is 0 Å². The van der Waals surface area contributed by atoms with Gasteiger partial charge in [0.05, 0.1) is 0 Å². The van der Waals surface area contributed by atoms with Crippen molar-refractivity contribution in [2.75, 3.05) is 13.1 Å². The number of halogens is 1. The molecule has 0 aliphatic carbocycles. The van der Waals surface area contributed by atoms with E-state index in [1.165, 1.54) is 33.1 Å². The first-order valence-corrected chi connectivity index (χ1v) is 11.6. The molecule has 3 aromatic carbocycles. The third kappa shape index (κ3) is 5.68. The van der Waals surface area contributed by atoms with Crippen LogP contribution in [-0.2, 0) is 11.2 Å². The molecule has 0 amide bonds. The number of benzene rings is 3. The fraction of sp³-hybridized carbons (Fsp3) is 0.308. The molecule has 0 saturated carbocycles. The minimum atomic E-state index is -0.0272. The Hall–Kier alpha value is -1.69. The van der Waals surface area contributed by atoms with Crippen LogP contribution in [0.3, 0.4) is 0 Å². The lowest BCUT2D eigenvalue weighted by Crippen LogP contribution is -2.43. The number of nitrogens with zero attached hydrogens (tertiary/aromatic N) is 1. The zero-order valence-corrected chi connectivity index (χ0v) is 18.9. The lowest BCUT2D eigenvalue weighted by Gasteiger charge is -2.38. The lowest BCUT2D eigenvalue weighted by molar-refractivity contribution is -0.105. The first-order chi connectivity index (χ1) is 14.3. The van der Waals surface area contributed by atoms with Crippen LogP contribution in [0.5, 0.6) is 0 Å². The average molecular weight is 497 g/mol. The summed E-state index contributed by atoms with van der Waals surface area (Å²) in [5, 5.41) is 0. The van der Waals surface area contributed by atoms with Gasteiger partial charge in [-0.1, -0.05) is 72.8 Å². The number of ether oxygens (including phenoxy) is 1. The molecule has 0 spiro atoms. The molecule has 0 aromatic heterocycles. The Kier molecular flexibility index (Phi) is 7.36. The van der Waals surface area contributed by atoms with Gasteiger partial charge in [0, 0.05) is 16.7 Å². The summed E-state index contributed by atoms with van der Waals surface area (Å²) in [4.78, 5) is 2.54. The summed E-state index contributed by atoms with van der Waals surface area (Å²) in [7, 11) is 0. The molecule has 1 aliphatic rings. The molecule has 4 rings (SSSR count). The summed E-state index contributed by atoms with van der Waals surface area (Å²) >= 11 is 2.39. The normalized spacial score (nSPS) is 17.5. The molecule has 29 heavy (non-hydrogen) atoms. The van der Waals surface area contributed by atoms with E-state index in [9.17, 15) is 0 Å². The van der Waals surface area contributed by atoms with Gasteiger partial charge in [-0.15, -0.1) is 0 Å². The maximum absolute atomic E-state index is 6.81. The van der Waals surface area contributed by atoms with E-state index in [4.69, 9.17) is 4.74 Å². The van der Waals surface area contributed by atoms with E-state index in [2.05, 4.69) is 112 Å². The molecule has 2 nitrogen and oxygen atoms in total. The molecule has 1 heterocycles. The zero-order chi connectivity index (χ0) is 19.9. The number of likely N-dealkylation sites (tertiary alicyclic amines) is 1. The van der Waals surface area contributed by atoms with Crippen LogP contribution in [0.1, 0.15) is 42.1 Å². The first-order valence-electron chi connectivity index (χ1n) is 10.5. The highest BCUT2D eigenvalue weighted by Crippen LogP contribution is 2.31. The van der Waals surface area contributed by atoms with Crippen LogP contribution in [0.2, 0.25) is 0 Å².